The van der Waals surface area contributed by atoms with E-state index in [0.717, 1.165) is 5.56 Å². The number of rotatable bonds is 8. The first kappa shape index (κ1) is 22.2. The third kappa shape index (κ3) is 5.55. The number of aromatic carboxylic acids is 1. The molecule has 3 aromatic rings. The highest BCUT2D eigenvalue weighted by Gasteiger charge is 2.13. The van der Waals surface area contributed by atoms with E-state index in [1.54, 1.807) is 30.3 Å². The average Bonchev–Trinajstić information content (AvgIpc) is 3.27. The fourth-order valence-corrected chi connectivity index (χ4v) is 2.76. The maximum atomic E-state index is 12.5. The molecule has 0 fully saturated rings. The number of hydrogen-bond donors (Lipinski definition) is 2. The highest BCUT2D eigenvalue weighted by Crippen LogP contribution is 2.30. The molecule has 1 amide bonds. The van der Waals surface area contributed by atoms with Gasteiger partial charge in [0.15, 0.2) is 11.5 Å². The number of nitrogens with zero attached hydrogens (tertiary/aromatic N) is 1. The van der Waals surface area contributed by atoms with Crippen LogP contribution in [0.3, 0.4) is 0 Å². The van der Waals surface area contributed by atoms with Gasteiger partial charge in [-0.15, -0.1) is 0 Å². The van der Waals surface area contributed by atoms with Crippen LogP contribution in [-0.4, -0.2) is 24.1 Å². The molecule has 0 unspecified atom stereocenters. The minimum absolute atomic E-state index is 0.00122. The minimum Gasteiger partial charge on any atom is -0.493 e. The second-order valence-corrected chi connectivity index (χ2v) is 6.76. The molecule has 162 valence electrons. The molecule has 0 spiro atoms. The van der Waals surface area contributed by atoms with E-state index in [4.69, 9.17) is 19.0 Å². The summed E-state index contributed by atoms with van der Waals surface area (Å²) < 4.78 is 16.1. The Labute approximate surface area is 184 Å². The summed E-state index contributed by atoms with van der Waals surface area (Å²) in [6.07, 6.45) is 1.45. The van der Waals surface area contributed by atoms with Gasteiger partial charge < -0.3 is 24.3 Å². The number of methoxy groups -OCH3 is 1. The summed E-state index contributed by atoms with van der Waals surface area (Å²) in [6, 6.07) is 16.9. The first-order valence-electron chi connectivity index (χ1n) is 9.52. The molecule has 0 aliphatic rings. The number of aryl methyl sites for hydroxylation is 1. The fraction of sp³-hybridized carbons (Fsp3) is 0.125. The number of carboxylic acids is 1. The third-order valence-corrected chi connectivity index (χ3v) is 4.42. The van der Waals surface area contributed by atoms with Crippen LogP contribution in [0.5, 0.6) is 11.5 Å². The summed E-state index contributed by atoms with van der Waals surface area (Å²) in [4.78, 5) is 23.3. The van der Waals surface area contributed by atoms with E-state index in [9.17, 15) is 14.9 Å². The van der Waals surface area contributed by atoms with Crippen molar-refractivity contribution in [2.45, 2.75) is 13.5 Å². The first-order chi connectivity index (χ1) is 15.4. The van der Waals surface area contributed by atoms with Gasteiger partial charge in [-0.3, -0.25) is 4.79 Å². The van der Waals surface area contributed by atoms with E-state index >= 15 is 0 Å². The zero-order valence-electron chi connectivity index (χ0n) is 17.4. The molecular formula is C24H20N2O6. The van der Waals surface area contributed by atoms with Crippen molar-refractivity contribution in [2.75, 3.05) is 12.4 Å². The predicted octanol–water partition coefficient (Wildman–Crippen LogP) is 4.42. The van der Waals surface area contributed by atoms with Crippen molar-refractivity contribution in [1.82, 2.24) is 0 Å². The van der Waals surface area contributed by atoms with Crippen LogP contribution in [-0.2, 0) is 11.4 Å². The summed E-state index contributed by atoms with van der Waals surface area (Å²) in [5, 5.41) is 21.0. The average molecular weight is 432 g/mol. The van der Waals surface area contributed by atoms with Gasteiger partial charge in [0.1, 0.15) is 24.0 Å². The van der Waals surface area contributed by atoms with Crippen LogP contribution in [0, 0.1) is 18.3 Å². The van der Waals surface area contributed by atoms with E-state index in [2.05, 4.69) is 5.32 Å². The molecule has 0 saturated heterocycles. The number of hydrogen-bond acceptors (Lipinski definition) is 6. The SMILES string of the molecule is COc1cc(C=C(C#N)C(=O)Nc2ccc(C)cc2)ccc1OCc1ccc(C(=O)O)o1. The van der Waals surface area contributed by atoms with Crippen LogP contribution >= 0.6 is 0 Å². The van der Waals surface area contributed by atoms with Crippen LogP contribution < -0.4 is 14.8 Å². The van der Waals surface area contributed by atoms with Crippen LogP contribution in [0.4, 0.5) is 5.69 Å². The standard InChI is InChI=1S/C24H20N2O6/c1-15-3-6-18(7-4-15)26-23(27)17(13-25)11-16-5-9-20(22(12-16)30-2)31-14-19-8-10-21(32-19)24(28)29/h3-12H,14H2,1-2H3,(H,26,27)(H,28,29). The number of benzene rings is 2. The van der Waals surface area contributed by atoms with Crippen molar-refractivity contribution in [3.05, 3.63) is 82.8 Å². The first-order valence-corrected chi connectivity index (χ1v) is 9.52. The van der Waals surface area contributed by atoms with Crippen LogP contribution in [0.2, 0.25) is 0 Å². The molecule has 8 nitrogen and oxygen atoms in total. The van der Waals surface area contributed by atoms with Crippen molar-refractivity contribution in [1.29, 1.82) is 5.26 Å². The summed E-state index contributed by atoms with van der Waals surface area (Å²) >= 11 is 0. The highest BCUT2D eigenvalue weighted by molar-refractivity contribution is 6.09. The Bertz CT molecular complexity index is 1200. The van der Waals surface area contributed by atoms with Gasteiger partial charge in [0.2, 0.25) is 5.76 Å². The topological polar surface area (TPSA) is 122 Å². The number of nitrogens with one attached hydrogen (secondary N) is 1. The molecule has 1 heterocycles. The summed E-state index contributed by atoms with van der Waals surface area (Å²) in [5.41, 5.74) is 2.14. The lowest BCUT2D eigenvalue weighted by Gasteiger charge is -2.11. The van der Waals surface area contributed by atoms with E-state index < -0.39 is 11.9 Å². The van der Waals surface area contributed by atoms with E-state index in [-0.39, 0.29) is 17.9 Å². The molecule has 2 aromatic carbocycles. The zero-order valence-corrected chi connectivity index (χ0v) is 17.4. The number of carbonyl (C=O) groups is 2. The number of amides is 1. The lowest BCUT2D eigenvalue weighted by Crippen LogP contribution is -2.13. The molecular weight excluding hydrogens is 412 g/mol. The smallest absolute Gasteiger partial charge is 0.371 e. The molecule has 8 heteroatoms. The lowest BCUT2D eigenvalue weighted by atomic mass is 10.1. The second kappa shape index (κ2) is 10.00. The summed E-state index contributed by atoms with van der Waals surface area (Å²) in [7, 11) is 1.46. The van der Waals surface area contributed by atoms with Crippen molar-refractivity contribution in [3.8, 4) is 17.6 Å². The highest BCUT2D eigenvalue weighted by atomic mass is 16.5. The molecule has 0 bridgehead atoms. The maximum Gasteiger partial charge on any atom is 0.371 e. The number of carboxylic acid groups (broad SMARTS) is 1. The van der Waals surface area contributed by atoms with Gasteiger partial charge in [-0.1, -0.05) is 23.8 Å². The normalized spacial score (nSPS) is 10.8. The summed E-state index contributed by atoms with van der Waals surface area (Å²) in [6.45, 7) is 1.94. The van der Waals surface area contributed by atoms with Crippen molar-refractivity contribution < 1.29 is 28.6 Å². The Morgan fingerprint density at radius 1 is 1.12 bits per heavy atom. The lowest BCUT2D eigenvalue weighted by molar-refractivity contribution is -0.112. The summed E-state index contributed by atoms with van der Waals surface area (Å²) in [5.74, 6) is -0.759. The Kier molecular flexibility index (Phi) is 6.93. The molecule has 0 radical (unpaired) electrons. The van der Waals surface area contributed by atoms with Gasteiger partial charge in [0.25, 0.3) is 5.91 Å². The number of nitriles is 1. The van der Waals surface area contributed by atoms with Crippen LogP contribution in [0.15, 0.2) is 64.6 Å². The molecule has 2 N–H and O–H groups in total. The van der Waals surface area contributed by atoms with Crippen LogP contribution in [0.1, 0.15) is 27.4 Å². The van der Waals surface area contributed by atoms with Gasteiger partial charge in [0, 0.05) is 5.69 Å². The van der Waals surface area contributed by atoms with Gasteiger partial charge >= 0.3 is 5.97 Å². The Morgan fingerprint density at radius 3 is 2.50 bits per heavy atom. The molecule has 3 rings (SSSR count). The number of furan rings is 1. The number of anilines is 1. The molecule has 32 heavy (non-hydrogen) atoms. The maximum absolute atomic E-state index is 12.5. The minimum atomic E-state index is -1.16. The molecule has 0 aliphatic carbocycles. The van der Waals surface area contributed by atoms with Crippen molar-refractivity contribution in [2.24, 2.45) is 0 Å². The number of ether oxygens (including phenoxy) is 2. The Balaban J connectivity index is 1.73. The molecule has 0 aliphatic heterocycles. The Morgan fingerprint density at radius 2 is 1.88 bits per heavy atom. The quantitative estimate of drug-likeness (QED) is 0.399. The van der Waals surface area contributed by atoms with Gasteiger partial charge in [-0.25, -0.2) is 4.79 Å². The molecule has 0 saturated carbocycles. The van der Waals surface area contributed by atoms with Crippen molar-refractivity contribution >= 4 is 23.6 Å². The fourth-order valence-electron chi connectivity index (χ4n) is 2.76. The van der Waals surface area contributed by atoms with E-state index in [1.807, 2.05) is 25.1 Å². The monoisotopic (exact) mass is 432 g/mol. The van der Waals surface area contributed by atoms with Crippen LogP contribution in [0.25, 0.3) is 6.08 Å². The van der Waals surface area contributed by atoms with E-state index in [1.165, 1.54) is 25.3 Å². The van der Waals surface area contributed by atoms with E-state index in [0.29, 0.717) is 28.5 Å². The Hall–Kier alpha value is -4.51. The van der Waals surface area contributed by atoms with Gasteiger partial charge in [-0.2, -0.15) is 5.26 Å². The number of carbonyl (C=O) groups excluding carboxylic acids is 1. The predicted molar refractivity (Wildman–Crippen MR) is 116 cm³/mol. The zero-order chi connectivity index (χ0) is 23.1. The molecule has 0 atom stereocenters. The van der Waals surface area contributed by atoms with Gasteiger partial charge in [-0.05, 0) is 55.0 Å². The third-order valence-electron chi connectivity index (χ3n) is 4.42. The van der Waals surface area contributed by atoms with Crippen molar-refractivity contribution in [3.63, 3.8) is 0 Å². The largest absolute Gasteiger partial charge is 0.493 e. The van der Waals surface area contributed by atoms with Gasteiger partial charge in [0.05, 0.1) is 7.11 Å². The second-order valence-electron chi connectivity index (χ2n) is 6.76. The molecule has 1 aromatic heterocycles.